The van der Waals surface area contributed by atoms with Gasteiger partial charge in [-0.25, -0.2) is 0 Å². The first-order chi connectivity index (χ1) is 8.93. The highest BCUT2D eigenvalue weighted by molar-refractivity contribution is 5.88. The molecule has 0 saturated heterocycles. The molecule has 0 spiro atoms. The van der Waals surface area contributed by atoms with E-state index in [1.807, 2.05) is 32.0 Å². The molecule has 5 nitrogen and oxygen atoms in total. The minimum Gasteiger partial charge on any atom is -0.348 e. The summed E-state index contributed by atoms with van der Waals surface area (Å²) in [7, 11) is 0. The van der Waals surface area contributed by atoms with Crippen molar-refractivity contribution in [3.63, 3.8) is 0 Å². The van der Waals surface area contributed by atoms with Crippen molar-refractivity contribution in [2.45, 2.75) is 39.3 Å². The van der Waals surface area contributed by atoms with Crippen LogP contribution in [-0.2, 0) is 9.59 Å². The fourth-order valence-electron chi connectivity index (χ4n) is 1.68. The summed E-state index contributed by atoms with van der Waals surface area (Å²) >= 11 is 0. The highest BCUT2D eigenvalue weighted by atomic mass is 16.2. The van der Waals surface area contributed by atoms with Crippen LogP contribution in [0.1, 0.15) is 38.8 Å². The van der Waals surface area contributed by atoms with E-state index in [9.17, 15) is 9.59 Å². The van der Waals surface area contributed by atoms with E-state index in [0.29, 0.717) is 12.1 Å². The molecule has 0 aliphatic carbocycles. The molecular weight excluding hydrogens is 242 g/mol. The van der Waals surface area contributed by atoms with E-state index in [0.717, 1.165) is 5.56 Å². The van der Waals surface area contributed by atoms with Gasteiger partial charge in [0.25, 0.3) is 0 Å². The number of hydrogen-bond donors (Lipinski definition) is 3. The number of amides is 2. The third kappa shape index (κ3) is 4.71. The first-order valence-electron chi connectivity index (χ1n) is 6.37. The van der Waals surface area contributed by atoms with Crippen LogP contribution in [0.15, 0.2) is 24.3 Å². The zero-order valence-electron chi connectivity index (χ0n) is 11.6. The largest absolute Gasteiger partial charge is 0.348 e. The summed E-state index contributed by atoms with van der Waals surface area (Å²) in [5.41, 5.74) is 7.30. The predicted octanol–water partition coefficient (Wildman–Crippen LogP) is 1.56. The molecule has 0 saturated carbocycles. The predicted molar refractivity (Wildman–Crippen MR) is 75.6 cm³/mol. The maximum Gasteiger partial charge on any atom is 0.237 e. The van der Waals surface area contributed by atoms with Gasteiger partial charge in [0.05, 0.1) is 12.1 Å². The zero-order chi connectivity index (χ0) is 14.4. The molecule has 0 bridgehead atoms. The molecule has 0 heterocycles. The SMILES string of the molecule is CC[C@H](N)C(=O)NC(C)c1cccc(NC(C)=O)c1. The molecule has 0 aliphatic heterocycles. The van der Waals surface area contributed by atoms with Gasteiger partial charge in [-0.2, -0.15) is 0 Å². The third-order valence-corrected chi connectivity index (χ3v) is 2.84. The number of nitrogens with two attached hydrogens (primary N) is 1. The second kappa shape index (κ2) is 6.89. The van der Waals surface area contributed by atoms with Crippen molar-refractivity contribution >= 4 is 17.5 Å². The van der Waals surface area contributed by atoms with E-state index < -0.39 is 6.04 Å². The molecule has 5 heteroatoms. The molecule has 4 N–H and O–H groups in total. The van der Waals surface area contributed by atoms with Gasteiger partial charge in [-0.1, -0.05) is 19.1 Å². The zero-order valence-corrected chi connectivity index (χ0v) is 11.6. The first-order valence-corrected chi connectivity index (χ1v) is 6.37. The van der Waals surface area contributed by atoms with Gasteiger partial charge in [0.1, 0.15) is 0 Å². The molecule has 1 unspecified atom stereocenters. The van der Waals surface area contributed by atoms with E-state index in [4.69, 9.17) is 5.73 Å². The number of carbonyl (C=O) groups is 2. The maximum atomic E-state index is 11.7. The highest BCUT2D eigenvalue weighted by Gasteiger charge is 2.15. The van der Waals surface area contributed by atoms with Gasteiger partial charge >= 0.3 is 0 Å². The van der Waals surface area contributed by atoms with Gasteiger partial charge in [-0.3, -0.25) is 9.59 Å². The molecule has 0 aromatic heterocycles. The van der Waals surface area contributed by atoms with Crippen molar-refractivity contribution in [1.82, 2.24) is 5.32 Å². The molecule has 2 amide bonds. The van der Waals surface area contributed by atoms with E-state index in [1.54, 1.807) is 6.07 Å². The number of benzene rings is 1. The number of nitrogens with one attached hydrogen (secondary N) is 2. The molecule has 0 fully saturated rings. The monoisotopic (exact) mass is 263 g/mol. The Balaban J connectivity index is 2.74. The average molecular weight is 263 g/mol. The smallest absolute Gasteiger partial charge is 0.237 e. The summed E-state index contributed by atoms with van der Waals surface area (Å²) in [5.74, 6) is -0.290. The normalized spacial score (nSPS) is 13.5. The Morgan fingerprint density at radius 3 is 2.63 bits per heavy atom. The van der Waals surface area contributed by atoms with Gasteiger partial charge in [-0.05, 0) is 31.0 Å². The van der Waals surface area contributed by atoms with Crippen molar-refractivity contribution in [3.8, 4) is 0 Å². The Kier molecular flexibility index (Phi) is 5.51. The average Bonchev–Trinajstić information content (AvgIpc) is 2.37. The lowest BCUT2D eigenvalue weighted by Crippen LogP contribution is -2.41. The Bertz CT molecular complexity index is 460. The molecule has 0 radical (unpaired) electrons. The molecule has 19 heavy (non-hydrogen) atoms. The van der Waals surface area contributed by atoms with Gasteiger partial charge < -0.3 is 16.4 Å². The fourth-order valence-corrected chi connectivity index (χ4v) is 1.68. The Labute approximate surface area is 113 Å². The number of carbonyl (C=O) groups excluding carboxylic acids is 2. The topological polar surface area (TPSA) is 84.2 Å². The van der Waals surface area contributed by atoms with E-state index in [2.05, 4.69) is 10.6 Å². The molecule has 1 aromatic rings. The highest BCUT2D eigenvalue weighted by Crippen LogP contribution is 2.17. The van der Waals surface area contributed by atoms with Crippen molar-refractivity contribution in [1.29, 1.82) is 0 Å². The van der Waals surface area contributed by atoms with E-state index >= 15 is 0 Å². The number of hydrogen-bond acceptors (Lipinski definition) is 3. The maximum absolute atomic E-state index is 11.7. The van der Waals surface area contributed by atoms with Crippen LogP contribution < -0.4 is 16.4 Å². The van der Waals surface area contributed by atoms with Gasteiger partial charge in [0.15, 0.2) is 0 Å². The Morgan fingerprint density at radius 1 is 1.37 bits per heavy atom. The summed E-state index contributed by atoms with van der Waals surface area (Å²) in [6.07, 6.45) is 0.602. The van der Waals surface area contributed by atoms with Crippen molar-refractivity contribution in [3.05, 3.63) is 29.8 Å². The minimum absolute atomic E-state index is 0.123. The van der Waals surface area contributed by atoms with Crippen LogP contribution in [0, 0.1) is 0 Å². The van der Waals surface area contributed by atoms with E-state index in [-0.39, 0.29) is 17.9 Å². The lowest BCUT2D eigenvalue weighted by atomic mass is 10.1. The summed E-state index contributed by atoms with van der Waals surface area (Å²) in [6, 6.07) is 6.73. The van der Waals surface area contributed by atoms with Crippen LogP contribution in [0.25, 0.3) is 0 Å². The molecule has 1 aromatic carbocycles. The van der Waals surface area contributed by atoms with Crippen LogP contribution in [0.4, 0.5) is 5.69 Å². The van der Waals surface area contributed by atoms with Gasteiger partial charge in [0, 0.05) is 12.6 Å². The standard InChI is InChI=1S/C14H21N3O2/c1-4-13(15)14(19)16-9(2)11-6-5-7-12(8-11)17-10(3)18/h5-9,13H,4,15H2,1-3H3,(H,16,19)(H,17,18)/t9?,13-/m0/s1. The van der Waals surface area contributed by atoms with Crippen LogP contribution in [0.2, 0.25) is 0 Å². The molecule has 0 aliphatic rings. The van der Waals surface area contributed by atoms with Gasteiger partial charge in [-0.15, -0.1) is 0 Å². The van der Waals surface area contributed by atoms with Crippen LogP contribution in [0.5, 0.6) is 0 Å². The molecule has 104 valence electrons. The summed E-state index contributed by atoms with van der Waals surface area (Å²) in [6.45, 7) is 5.21. The lowest BCUT2D eigenvalue weighted by molar-refractivity contribution is -0.123. The van der Waals surface area contributed by atoms with Crippen molar-refractivity contribution < 1.29 is 9.59 Å². The third-order valence-electron chi connectivity index (χ3n) is 2.84. The Morgan fingerprint density at radius 2 is 2.05 bits per heavy atom. The first kappa shape index (κ1) is 15.2. The van der Waals surface area contributed by atoms with Crippen LogP contribution >= 0.6 is 0 Å². The van der Waals surface area contributed by atoms with Crippen molar-refractivity contribution in [2.75, 3.05) is 5.32 Å². The molecule has 1 rings (SSSR count). The second-order valence-corrected chi connectivity index (χ2v) is 4.55. The summed E-state index contributed by atoms with van der Waals surface area (Å²) in [4.78, 5) is 22.7. The summed E-state index contributed by atoms with van der Waals surface area (Å²) in [5, 5.41) is 5.56. The van der Waals surface area contributed by atoms with Crippen LogP contribution in [0.3, 0.4) is 0 Å². The van der Waals surface area contributed by atoms with Gasteiger partial charge in [0.2, 0.25) is 11.8 Å². The molecular formula is C14H21N3O2. The van der Waals surface area contributed by atoms with E-state index in [1.165, 1.54) is 6.92 Å². The minimum atomic E-state index is -0.485. The lowest BCUT2D eigenvalue weighted by Gasteiger charge is -2.17. The quantitative estimate of drug-likeness (QED) is 0.753. The Hall–Kier alpha value is -1.88. The second-order valence-electron chi connectivity index (χ2n) is 4.55. The fraction of sp³-hybridized carbons (Fsp3) is 0.429. The summed E-state index contributed by atoms with van der Waals surface area (Å²) < 4.78 is 0. The number of anilines is 1. The number of rotatable bonds is 5. The van der Waals surface area contributed by atoms with Crippen molar-refractivity contribution in [2.24, 2.45) is 5.73 Å². The molecule has 2 atom stereocenters. The van der Waals surface area contributed by atoms with Crippen LogP contribution in [-0.4, -0.2) is 17.9 Å².